The number of hydrogen-bond donors (Lipinski definition) is 0. The summed E-state index contributed by atoms with van der Waals surface area (Å²) in [6.07, 6.45) is 0.0507. The van der Waals surface area contributed by atoms with Crippen LogP contribution in [0, 0.1) is 0 Å². The largest absolute Gasteiger partial charge is 0.203 e. The van der Waals surface area contributed by atoms with Crippen molar-refractivity contribution in [3.8, 4) is 0 Å². The molecule has 0 aliphatic heterocycles. The smallest absolute Gasteiger partial charge is 0.158 e. The minimum Gasteiger partial charge on any atom is -0.203 e. The molecule has 0 aliphatic rings. The van der Waals surface area contributed by atoms with Gasteiger partial charge >= 0.3 is 0 Å². The molecule has 0 saturated carbocycles. The molecule has 0 unspecified atom stereocenters. The first kappa shape index (κ1) is 7.61. The van der Waals surface area contributed by atoms with Crippen molar-refractivity contribution in [2.45, 2.75) is 20.0 Å². The van der Waals surface area contributed by atoms with Gasteiger partial charge in [-0.25, -0.2) is 4.89 Å². The topological polar surface area (TPSA) is 27.7 Å². The maximum Gasteiger partial charge on any atom is 0.158 e. The van der Waals surface area contributed by atoms with E-state index in [9.17, 15) is 0 Å². The molecular formula is C3H7IO3. The van der Waals surface area contributed by atoms with E-state index in [0.29, 0.717) is 0 Å². The lowest BCUT2D eigenvalue weighted by Gasteiger charge is -1.98. The van der Waals surface area contributed by atoms with Gasteiger partial charge < -0.3 is 0 Å². The summed E-state index contributed by atoms with van der Waals surface area (Å²) >= 11 is 1.57. The Morgan fingerprint density at radius 3 is 2.14 bits per heavy atom. The van der Waals surface area contributed by atoms with Crippen molar-refractivity contribution in [3.63, 3.8) is 0 Å². The van der Waals surface area contributed by atoms with E-state index in [0.717, 1.165) is 0 Å². The van der Waals surface area contributed by atoms with E-state index in [1.165, 1.54) is 0 Å². The minimum absolute atomic E-state index is 0.0507. The molecule has 0 radical (unpaired) electrons. The molecule has 0 N–H and O–H groups in total. The summed E-state index contributed by atoms with van der Waals surface area (Å²) in [5.74, 6) is 0. The highest BCUT2D eigenvalue weighted by Crippen LogP contribution is 1.92. The van der Waals surface area contributed by atoms with Gasteiger partial charge in [0.05, 0.1) is 6.10 Å². The monoisotopic (exact) mass is 218 g/mol. The molecule has 0 aromatic rings. The summed E-state index contributed by atoms with van der Waals surface area (Å²) < 4.78 is 4.10. The normalized spacial score (nSPS) is 10.3. The molecule has 0 bridgehead atoms. The molecule has 3 nitrogen and oxygen atoms in total. The van der Waals surface area contributed by atoms with Gasteiger partial charge in [0.1, 0.15) is 0 Å². The van der Waals surface area contributed by atoms with Gasteiger partial charge in [-0.2, -0.15) is 0 Å². The predicted octanol–water partition coefficient (Wildman–Crippen LogP) is 1.62. The molecule has 0 aromatic carbocycles. The van der Waals surface area contributed by atoms with E-state index in [1.807, 2.05) is 13.8 Å². The van der Waals surface area contributed by atoms with E-state index in [-0.39, 0.29) is 6.10 Å². The van der Waals surface area contributed by atoms with Crippen LogP contribution in [0.25, 0.3) is 0 Å². The van der Waals surface area contributed by atoms with Crippen LogP contribution in [0.5, 0.6) is 0 Å². The van der Waals surface area contributed by atoms with Gasteiger partial charge in [-0.1, -0.05) is 5.04 Å². The van der Waals surface area contributed by atoms with Crippen molar-refractivity contribution < 1.29 is 13.1 Å². The third-order valence-corrected chi connectivity index (χ3v) is 0.404. The Bertz CT molecular complexity index is 39.2. The lowest BCUT2D eigenvalue weighted by molar-refractivity contribution is -0.461. The van der Waals surface area contributed by atoms with Gasteiger partial charge in [0.25, 0.3) is 0 Å². The zero-order chi connectivity index (χ0) is 5.70. The van der Waals surface area contributed by atoms with Crippen LogP contribution in [0.2, 0.25) is 0 Å². The standard InChI is InChI=1S/C3H7IO3/c1-3(2)5-7-6-4/h3H,1-2H3. The molecule has 0 rings (SSSR count). The van der Waals surface area contributed by atoms with E-state index >= 15 is 0 Å². The maximum absolute atomic E-state index is 4.46. The Kier molecular flexibility index (Phi) is 5.18. The molecule has 0 heterocycles. The lowest BCUT2D eigenvalue weighted by atomic mass is 10.5. The molecule has 0 aromatic heterocycles. The lowest BCUT2D eigenvalue weighted by Crippen LogP contribution is -2.00. The van der Waals surface area contributed by atoms with Gasteiger partial charge in [-0.3, -0.25) is 0 Å². The molecule has 7 heavy (non-hydrogen) atoms. The SMILES string of the molecule is CC(C)OOOI. The van der Waals surface area contributed by atoms with Gasteiger partial charge in [0.2, 0.25) is 0 Å². The van der Waals surface area contributed by atoms with E-state index in [4.69, 9.17) is 0 Å². The van der Waals surface area contributed by atoms with Gasteiger partial charge in [-0.15, -0.1) is 3.22 Å². The van der Waals surface area contributed by atoms with Crippen LogP contribution < -0.4 is 0 Å². The molecule has 4 heteroatoms. The van der Waals surface area contributed by atoms with Crippen LogP contribution in [0.3, 0.4) is 0 Å². The average molecular weight is 218 g/mol. The highest BCUT2D eigenvalue weighted by Gasteiger charge is 1.90. The second-order valence-electron chi connectivity index (χ2n) is 1.28. The van der Waals surface area contributed by atoms with E-state index in [1.54, 1.807) is 23.0 Å². The van der Waals surface area contributed by atoms with Crippen LogP contribution in [0.15, 0.2) is 0 Å². The van der Waals surface area contributed by atoms with Gasteiger partial charge in [0.15, 0.2) is 23.0 Å². The van der Waals surface area contributed by atoms with Crippen LogP contribution in [-0.4, -0.2) is 6.10 Å². The Morgan fingerprint density at radius 2 is 2.00 bits per heavy atom. The number of halogens is 1. The van der Waals surface area contributed by atoms with Crippen molar-refractivity contribution in [1.29, 1.82) is 0 Å². The first-order valence-electron chi connectivity index (χ1n) is 1.88. The second kappa shape index (κ2) is 4.76. The fourth-order valence-electron chi connectivity index (χ4n) is 0.0934. The summed E-state index contributed by atoms with van der Waals surface area (Å²) in [6, 6.07) is 0. The van der Waals surface area contributed by atoms with Crippen molar-refractivity contribution in [3.05, 3.63) is 0 Å². The third kappa shape index (κ3) is 6.61. The first-order valence-corrected chi connectivity index (χ1v) is 2.76. The fourth-order valence-corrected chi connectivity index (χ4v) is 0.178. The molecule has 0 spiro atoms. The van der Waals surface area contributed by atoms with Gasteiger partial charge in [-0.05, 0) is 13.8 Å². The summed E-state index contributed by atoms with van der Waals surface area (Å²) in [6.45, 7) is 3.69. The van der Waals surface area contributed by atoms with E-state index < -0.39 is 0 Å². The van der Waals surface area contributed by atoms with Crippen LogP contribution >= 0.6 is 23.0 Å². The molecule has 0 atom stereocenters. The van der Waals surface area contributed by atoms with Crippen LogP contribution in [-0.2, 0) is 13.1 Å². The molecule has 0 aliphatic carbocycles. The predicted molar refractivity (Wildman–Crippen MR) is 32.4 cm³/mol. The van der Waals surface area contributed by atoms with Crippen LogP contribution in [0.1, 0.15) is 13.8 Å². The Hall–Kier alpha value is 0.610. The van der Waals surface area contributed by atoms with Crippen molar-refractivity contribution in [2.24, 2.45) is 0 Å². The van der Waals surface area contributed by atoms with Crippen molar-refractivity contribution in [1.82, 2.24) is 0 Å². The average Bonchev–Trinajstić information content (AvgIpc) is 1.61. The van der Waals surface area contributed by atoms with Crippen molar-refractivity contribution in [2.75, 3.05) is 0 Å². The molecular weight excluding hydrogens is 211 g/mol. The third-order valence-electron chi connectivity index (χ3n) is 0.257. The maximum atomic E-state index is 4.46. The zero-order valence-electron chi connectivity index (χ0n) is 4.18. The summed E-state index contributed by atoms with van der Waals surface area (Å²) in [5, 5.41) is 4.08. The summed E-state index contributed by atoms with van der Waals surface area (Å²) in [4.78, 5) is 4.46. The van der Waals surface area contributed by atoms with Gasteiger partial charge in [0, 0.05) is 0 Å². The second-order valence-corrected chi connectivity index (χ2v) is 1.64. The summed E-state index contributed by atoms with van der Waals surface area (Å²) in [7, 11) is 0. The Morgan fingerprint density at radius 1 is 1.43 bits per heavy atom. The Labute approximate surface area is 56.5 Å². The number of rotatable bonds is 3. The highest BCUT2D eigenvalue weighted by molar-refractivity contribution is 14.1. The molecule has 0 saturated heterocycles. The minimum atomic E-state index is 0.0507. The zero-order valence-corrected chi connectivity index (χ0v) is 6.34. The number of hydrogen-bond acceptors (Lipinski definition) is 3. The fraction of sp³-hybridized carbons (Fsp3) is 1.00. The Balaban J connectivity index is 2.68. The summed E-state index contributed by atoms with van der Waals surface area (Å²) in [5.41, 5.74) is 0. The van der Waals surface area contributed by atoms with E-state index in [2.05, 4.69) is 13.1 Å². The molecule has 44 valence electrons. The van der Waals surface area contributed by atoms with Crippen molar-refractivity contribution >= 4 is 23.0 Å². The first-order chi connectivity index (χ1) is 3.27. The molecule has 0 fully saturated rings. The molecule has 0 amide bonds. The van der Waals surface area contributed by atoms with Crippen LogP contribution in [0.4, 0.5) is 0 Å². The highest BCUT2D eigenvalue weighted by atomic mass is 127. The quantitative estimate of drug-likeness (QED) is 0.409.